The van der Waals surface area contributed by atoms with Gasteiger partial charge in [-0.05, 0) is 6.42 Å². The summed E-state index contributed by atoms with van der Waals surface area (Å²) in [5.74, 6) is 1.73. The van der Waals surface area contributed by atoms with E-state index in [0.29, 0.717) is 5.92 Å². The highest BCUT2D eigenvalue weighted by atomic mass is 16.5. The van der Waals surface area contributed by atoms with Crippen molar-refractivity contribution in [2.45, 2.75) is 13.3 Å². The molecule has 2 heterocycles. The number of carbonyl (C=O) groups is 1. The zero-order chi connectivity index (χ0) is 16.7. The lowest BCUT2D eigenvalue weighted by molar-refractivity contribution is -0.130. The van der Waals surface area contributed by atoms with Crippen molar-refractivity contribution in [3.05, 3.63) is 0 Å². The molecular weight excluding hydrogens is 294 g/mol. The Kier molecular flexibility index (Phi) is 7.11. The fourth-order valence-corrected chi connectivity index (χ4v) is 3.20. The van der Waals surface area contributed by atoms with Gasteiger partial charge in [0.2, 0.25) is 5.91 Å². The lowest BCUT2D eigenvalue weighted by Gasteiger charge is -2.34. The molecule has 2 saturated heterocycles. The van der Waals surface area contributed by atoms with Gasteiger partial charge in [0.05, 0.1) is 6.61 Å². The number of amides is 1. The van der Waals surface area contributed by atoms with Crippen molar-refractivity contribution >= 4 is 11.9 Å². The molecule has 132 valence electrons. The van der Waals surface area contributed by atoms with Gasteiger partial charge in [-0.3, -0.25) is 14.7 Å². The third-order valence-corrected chi connectivity index (χ3v) is 4.66. The Morgan fingerprint density at radius 2 is 2.09 bits per heavy atom. The van der Waals surface area contributed by atoms with Crippen molar-refractivity contribution in [2.75, 3.05) is 73.1 Å². The molecule has 0 aromatic heterocycles. The molecule has 1 N–H and O–H groups in total. The van der Waals surface area contributed by atoms with Crippen molar-refractivity contribution in [3.8, 4) is 0 Å². The third kappa shape index (κ3) is 5.66. The summed E-state index contributed by atoms with van der Waals surface area (Å²) in [6.07, 6.45) is 1.14. The van der Waals surface area contributed by atoms with Crippen LogP contribution in [0.1, 0.15) is 13.3 Å². The fourth-order valence-electron chi connectivity index (χ4n) is 3.20. The van der Waals surface area contributed by atoms with E-state index in [1.54, 1.807) is 6.92 Å². The van der Waals surface area contributed by atoms with Crippen LogP contribution >= 0.6 is 0 Å². The van der Waals surface area contributed by atoms with Crippen molar-refractivity contribution in [3.63, 3.8) is 0 Å². The van der Waals surface area contributed by atoms with Crippen LogP contribution in [0.25, 0.3) is 0 Å². The molecule has 23 heavy (non-hydrogen) atoms. The van der Waals surface area contributed by atoms with E-state index in [1.165, 1.54) is 0 Å². The van der Waals surface area contributed by atoms with E-state index in [9.17, 15) is 4.79 Å². The van der Waals surface area contributed by atoms with Gasteiger partial charge in [0.25, 0.3) is 0 Å². The van der Waals surface area contributed by atoms with E-state index < -0.39 is 0 Å². The summed E-state index contributed by atoms with van der Waals surface area (Å²) in [4.78, 5) is 22.2. The molecule has 0 aliphatic carbocycles. The number of hydrogen-bond donors (Lipinski definition) is 1. The standard InChI is InChI=1S/C16H31N5O2/c1-14(22)21-9-7-20(8-10-21)6-5-18-16(17-2)19(3)12-15-4-11-23-13-15/h15H,4-13H2,1-3H3,(H,17,18). The van der Waals surface area contributed by atoms with Crippen LogP contribution in [0, 0.1) is 5.92 Å². The zero-order valence-electron chi connectivity index (χ0n) is 14.8. The average molecular weight is 325 g/mol. The van der Waals surface area contributed by atoms with Gasteiger partial charge >= 0.3 is 0 Å². The van der Waals surface area contributed by atoms with Crippen LogP contribution in [0.2, 0.25) is 0 Å². The summed E-state index contributed by atoms with van der Waals surface area (Å²) in [7, 11) is 3.91. The number of rotatable bonds is 5. The molecule has 0 saturated carbocycles. The van der Waals surface area contributed by atoms with Gasteiger partial charge in [-0.1, -0.05) is 0 Å². The first-order valence-corrected chi connectivity index (χ1v) is 8.57. The summed E-state index contributed by atoms with van der Waals surface area (Å²) in [6, 6.07) is 0. The number of nitrogens with one attached hydrogen (secondary N) is 1. The molecule has 2 aliphatic rings. The second-order valence-electron chi connectivity index (χ2n) is 6.43. The summed E-state index contributed by atoms with van der Waals surface area (Å²) in [5, 5.41) is 3.44. The minimum atomic E-state index is 0.181. The molecule has 2 rings (SSSR count). The minimum absolute atomic E-state index is 0.181. The Hall–Kier alpha value is -1.34. The molecule has 1 unspecified atom stereocenters. The molecule has 2 fully saturated rings. The molecular formula is C16H31N5O2. The van der Waals surface area contributed by atoms with Gasteiger partial charge in [-0.2, -0.15) is 0 Å². The van der Waals surface area contributed by atoms with Crippen LogP contribution < -0.4 is 5.32 Å². The highest BCUT2D eigenvalue weighted by Crippen LogP contribution is 2.13. The van der Waals surface area contributed by atoms with E-state index in [2.05, 4.69) is 27.2 Å². The highest BCUT2D eigenvalue weighted by Gasteiger charge is 2.20. The predicted molar refractivity (Wildman–Crippen MR) is 91.6 cm³/mol. The van der Waals surface area contributed by atoms with E-state index in [-0.39, 0.29) is 5.91 Å². The Morgan fingerprint density at radius 3 is 2.65 bits per heavy atom. The first kappa shape index (κ1) is 18.0. The lowest BCUT2D eigenvalue weighted by atomic mass is 10.1. The maximum Gasteiger partial charge on any atom is 0.219 e. The van der Waals surface area contributed by atoms with Gasteiger partial charge in [0, 0.05) is 79.4 Å². The van der Waals surface area contributed by atoms with E-state index in [4.69, 9.17) is 4.74 Å². The van der Waals surface area contributed by atoms with Gasteiger partial charge in [-0.25, -0.2) is 0 Å². The number of ether oxygens (including phenoxy) is 1. The monoisotopic (exact) mass is 325 g/mol. The van der Waals surface area contributed by atoms with E-state index in [0.717, 1.165) is 71.4 Å². The Balaban J connectivity index is 1.64. The molecule has 0 aromatic rings. The molecule has 1 atom stereocenters. The van der Waals surface area contributed by atoms with Crippen molar-refractivity contribution in [2.24, 2.45) is 10.9 Å². The van der Waals surface area contributed by atoms with Crippen LogP contribution in [-0.4, -0.2) is 99.7 Å². The second-order valence-corrected chi connectivity index (χ2v) is 6.43. The van der Waals surface area contributed by atoms with Crippen LogP contribution in [-0.2, 0) is 9.53 Å². The van der Waals surface area contributed by atoms with Gasteiger partial charge < -0.3 is 19.9 Å². The van der Waals surface area contributed by atoms with E-state index in [1.807, 2.05) is 11.9 Å². The smallest absolute Gasteiger partial charge is 0.219 e. The quantitative estimate of drug-likeness (QED) is 0.555. The largest absolute Gasteiger partial charge is 0.381 e. The highest BCUT2D eigenvalue weighted by molar-refractivity contribution is 5.79. The maximum absolute atomic E-state index is 11.3. The first-order chi connectivity index (χ1) is 11.1. The molecule has 7 nitrogen and oxygen atoms in total. The summed E-state index contributed by atoms with van der Waals surface area (Å²) < 4.78 is 5.44. The molecule has 7 heteroatoms. The molecule has 0 bridgehead atoms. The van der Waals surface area contributed by atoms with Gasteiger partial charge in [-0.15, -0.1) is 0 Å². The van der Waals surface area contributed by atoms with Crippen molar-refractivity contribution < 1.29 is 9.53 Å². The maximum atomic E-state index is 11.3. The zero-order valence-corrected chi connectivity index (χ0v) is 14.8. The SMILES string of the molecule is CN=C(NCCN1CCN(C(C)=O)CC1)N(C)CC1CCOC1. The van der Waals surface area contributed by atoms with Crippen LogP contribution in [0.15, 0.2) is 4.99 Å². The number of nitrogens with zero attached hydrogens (tertiary/aromatic N) is 4. The second kappa shape index (κ2) is 9.08. The molecule has 1 amide bonds. The van der Waals surface area contributed by atoms with Gasteiger partial charge in [0.15, 0.2) is 5.96 Å². The number of carbonyl (C=O) groups excluding carboxylic acids is 1. The number of guanidine groups is 1. The van der Waals surface area contributed by atoms with Crippen molar-refractivity contribution in [1.82, 2.24) is 20.0 Å². The average Bonchev–Trinajstić information content (AvgIpc) is 3.04. The fraction of sp³-hybridized carbons (Fsp3) is 0.875. The van der Waals surface area contributed by atoms with Crippen molar-refractivity contribution in [1.29, 1.82) is 0 Å². The van der Waals surface area contributed by atoms with Crippen LogP contribution in [0.5, 0.6) is 0 Å². The molecule has 0 radical (unpaired) electrons. The summed E-state index contributed by atoms with van der Waals surface area (Å²) >= 11 is 0. The lowest BCUT2D eigenvalue weighted by Crippen LogP contribution is -2.50. The predicted octanol–water partition coefficient (Wildman–Crippen LogP) is -0.306. The Bertz CT molecular complexity index is 401. The number of hydrogen-bond acceptors (Lipinski definition) is 4. The number of aliphatic imine (C=N–C) groups is 1. The van der Waals surface area contributed by atoms with Gasteiger partial charge in [0.1, 0.15) is 0 Å². The third-order valence-electron chi connectivity index (χ3n) is 4.66. The first-order valence-electron chi connectivity index (χ1n) is 8.57. The number of piperazine rings is 1. The Morgan fingerprint density at radius 1 is 1.35 bits per heavy atom. The summed E-state index contributed by atoms with van der Waals surface area (Å²) in [6.45, 7) is 9.81. The molecule has 0 aromatic carbocycles. The summed E-state index contributed by atoms with van der Waals surface area (Å²) in [5.41, 5.74) is 0. The minimum Gasteiger partial charge on any atom is -0.381 e. The van der Waals surface area contributed by atoms with E-state index >= 15 is 0 Å². The van der Waals surface area contributed by atoms with Crippen LogP contribution in [0.4, 0.5) is 0 Å². The molecule has 2 aliphatic heterocycles. The van der Waals surface area contributed by atoms with Crippen LogP contribution in [0.3, 0.4) is 0 Å². The molecule has 0 spiro atoms. The Labute approximate surface area is 139 Å². The topological polar surface area (TPSA) is 60.4 Å². The normalized spacial score (nSPS) is 23.2.